The molecule has 0 atom stereocenters. The van der Waals surface area contributed by atoms with Gasteiger partial charge in [0.2, 0.25) is 0 Å². The van der Waals surface area contributed by atoms with Crippen LogP contribution >= 0.6 is 0 Å². The summed E-state index contributed by atoms with van der Waals surface area (Å²) in [5.41, 5.74) is 0. The average molecular weight is 236 g/mol. The van der Waals surface area contributed by atoms with E-state index < -0.39 is 0 Å². The minimum absolute atomic E-state index is 0.867. The molecule has 1 aromatic rings. The van der Waals surface area contributed by atoms with E-state index in [1.807, 2.05) is 6.20 Å². The molecule has 0 saturated carbocycles. The van der Waals surface area contributed by atoms with E-state index in [4.69, 9.17) is 0 Å². The van der Waals surface area contributed by atoms with Gasteiger partial charge in [-0.1, -0.05) is 26.7 Å². The van der Waals surface area contributed by atoms with Crippen LogP contribution in [-0.2, 0) is 0 Å². The highest BCUT2D eigenvalue weighted by molar-refractivity contribution is 5.43. The number of hydrogen-bond acceptors (Lipinski definition) is 4. The molecule has 1 aromatic heterocycles. The van der Waals surface area contributed by atoms with E-state index in [0.29, 0.717) is 0 Å². The van der Waals surface area contributed by atoms with Crippen LogP contribution in [0.5, 0.6) is 0 Å². The highest BCUT2D eigenvalue weighted by atomic mass is 15.2. The highest BCUT2D eigenvalue weighted by Crippen LogP contribution is 2.11. The smallest absolute Gasteiger partial charge is 0.149 e. The summed E-state index contributed by atoms with van der Waals surface area (Å²) in [7, 11) is 2.07. The normalized spacial score (nSPS) is 10.3. The maximum Gasteiger partial charge on any atom is 0.149 e. The van der Waals surface area contributed by atoms with Crippen molar-refractivity contribution in [1.29, 1.82) is 0 Å². The Kier molecular flexibility index (Phi) is 6.37. The molecule has 0 radical (unpaired) electrons. The van der Waals surface area contributed by atoms with Crippen LogP contribution in [0.25, 0.3) is 0 Å². The molecule has 96 valence electrons. The highest BCUT2D eigenvalue weighted by Gasteiger charge is 2.03. The van der Waals surface area contributed by atoms with Gasteiger partial charge in [0, 0.05) is 20.1 Å². The van der Waals surface area contributed by atoms with Crippen molar-refractivity contribution in [2.24, 2.45) is 0 Å². The van der Waals surface area contributed by atoms with Gasteiger partial charge in [-0.2, -0.15) is 0 Å². The number of aromatic nitrogens is 2. The van der Waals surface area contributed by atoms with Gasteiger partial charge in [0.1, 0.15) is 11.6 Å². The zero-order valence-corrected chi connectivity index (χ0v) is 11.2. The monoisotopic (exact) mass is 236 g/mol. The van der Waals surface area contributed by atoms with Crippen molar-refractivity contribution < 1.29 is 0 Å². The minimum Gasteiger partial charge on any atom is -0.369 e. The second-order valence-electron chi connectivity index (χ2n) is 4.32. The third kappa shape index (κ3) is 5.02. The maximum atomic E-state index is 4.54. The molecule has 0 spiro atoms. The number of hydrogen-bond donors (Lipinski definition) is 1. The predicted molar refractivity (Wildman–Crippen MR) is 73.6 cm³/mol. The van der Waals surface area contributed by atoms with E-state index in [0.717, 1.165) is 31.1 Å². The molecule has 1 heterocycles. The molecular formula is C13H24N4. The Morgan fingerprint density at radius 3 is 2.71 bits per heavy atom. The number of anilines is 2. The molecule has 0 aliphatic carbocycles. The average Bonchev–Trinajstić information content (AvgIpc) is 2.37. The second kappa shape index (κ2) is 7.87. The Balaban J connectivity index is 2.51. The van der Waals surface area contributed by atoms with Crippen LogP contribution in [0.4, 0.5) is 11.6 Å². The van der Waals surface area contributed by atoms with Gasteiger partial charge in [-0.15, -0.1) is 0 Å². The molecule has 0 aliphatic rings. The van der Waals surface area contributed by atoms with Crippen molar-refractivity contribution in [3.05, 3.63) is 12.4 Å². The van der Waals surface area contributed by atoms with Gasteiger partial charge in [0.05, 0.1) is 12.4 Å². The standard InChI is InChI=1S/C13H24N4/c1-4-6-7-9-17(3)13-11-14-10-12(16-13)15-8-5-2/h10-11H,4-9H2,1-3H3,(H,15,16). The van der Waals surface area contributed by atoms with Crippen molar-refractivity contribution in [2.75, 3.05) is 30.4 Å². The van der Waals surface area contributed by atoms with Crippen molar-refractivity contribution in [2.45, 2.75) is 39.5 Å². The third-order valence-electron chi connectivity index (χ3n) is 2.67. The van der Waals surface area contributed by atoms with Crippen LogP contribution in [0.3, 0.4) is 0 Å². The predicted octanol–water partition coefficient (Wildman–Crippen LogP) is 2.92. The van der Waals surface area contributed by atoms with E-state index in [1.54, 1.807) is 6.20 Å². The van der Waals surface area contributed by atoms with Gasteiger partial charge in [-0.3, -0.25) is 4.98 Å². The van der Waals surface area contributed by atoms with E-state index in [-0.39, 0.29) is 0 Å². The van der Waals surface area contributed by atoms with Gasteiger partial charge >= 0.3 is 0 Å². The number of rotatable bonds is 8. The van der Waals surface area contributed by atoms with Gasteiger partial charge in [-0.05, 0) is 12.8 Å². The summed E-state index contributed by atoms with van der Waals surface area (Å²) < 4.78 is 0. The van der Waals surface area contributed by atoms with E-state index in [1.165, 1.54) is 19.3 Å². The van der Waals surface area contributed by atoms with Gasteiger partial charge in [0.25, 0.3) is 0 Å². The van der Waals surface area contributed by atoms with Gasteiger partial charge < -0.3 is 10.2 Å². The number of unbranched alkanes of at least 4 members (excludes halogenated alkanes) is 2. The Bertz CT molecular complexity index is 314. The van der Waals surface area contributed by atoms with E-state index in [2.05, 4.69) is 41.1 Å². The molecular weight excluding hydrogens is 212 g/mol. The molecule has 1 N–H and O–H groups in total. The SMILES string of the molecule is CCCCCN(C)c1cncc(NCCC)n1. The largest absolute Gasteiger partial charge is 0.369 e. The first kappa shape index (κ1) is 13.7. The molecule has 1 rings (SSSR count). The molecule has 0 aromatic carbocycles. The van der Waals surface area contributed by atoms with E-state index >= 15 is 0 Å². The lowest BCUT2D eigenvalue weighted by Gasteiger charge is -2.18. The third-order valence-corrected chi connectivity index (χ3v) is 2.67. The van der Waals surface area contributed by atoms with Crippen molar-refractivity contribution in [3.63, 3.8) is 0 Å². The lowest BCUT2D eigenvalue weighted by Crippen LogP contribution is -2.20. The lowest BCUT2D eigenvalue weighted by atomic mass is 10.2. The van der Waals surface area contributed by atoms with Crippen LogP contribution in [0, 0.1) is 0 Å². The number of nitrogens with one attached hydrogen (secondary N) is 1. The summed E-state index contributed by atoms with van der Waals surface area (Å²) >= 11 is 0. The Hall–Kier alpha value is -1.32. The lowest BCUT2D eigenvalue weighted by molar-refractivity contribution is 0.700. The molecule has 0 amide bonds. The fourth-order valence-electron chi connectivity index (χ4n) is 1.59. The molecule has 4 nitrogen and oxygen atoms in total. The molecule has 4 heteroatoms. The molecule has 17 heavy (non-hydrogen) atoms. The summed E-state index contributed by atoms with van der Waals surface area (Å²) in [5, 5.41) is 3.26. The molecule has 0 bridgehead atoms. The summed E-state index contributed by atoms with van der Waals surface area (Å²) in [5.74, 6) is 1.81. The van der Waals surface area contributed by atoms with Crippen molar-refractivity contribution in [3.8, 4) is 0 Å². The minimum atomic E-state index is 0.867. The first-order valence-corrected chi connectivity index (χ1v) is 6.55. The number of nitrogens with zero attached hydrogens (tertiary/aromatic N) is 3. The molecule has 0 unspecified atom stereocenters. The fourth-order valence-corrected chi connectivity index (χ4v) is 1.59. The summed E-state index contributed by atoms with van der Waals surface area (Å²) in [6.45, 7) is 6.34. The Labute approximate surface area is 104 Å². The zero-order chi connectivity index (χ0) is 12.5. The quantitative estimate of drug-likeness (QED) is 0.705. The second-order valence-corrected chi connectivity index (χ2v) is 4.32. The van der Waals surface area contributed by atoms with Gasteiger partial charge in [-0.25, -0.2) is 4.98 Å². The van der Waals surface area contributed by atoms with E-state index in [9.17, 15) is 0 Å². The van der Waals surface area contributed by atoms with Crippen LogP contribution < -0.4 is 10.2 Å². The molecule has 0 aliphatic heterocycles. The molecule has 0 fully saturated rings. The Morgan fingerprint density at radius 1 is 1.18 bits per heavy atom. The maximum absolute atomic E-state index is 4.54. The first-order valence-electron chi connectivity index (χ1n) is 6.55. The van der Waals surface area contributed by atoms with Crippen molar-refractivity contribution >= 4 is 11.6 Å². The zero-order valence-electron chi connectivity index (χ0n) is 11.2. The summed E-state index contributed by atoms with van der Waals surface area (Å²) in [6, 6.07) is 0. The van der Waals surface area contributed by atoms with Crippen LogP contribution in [0.1, 0.15) is 39.5 Å². The summed E-state index contributed by atoms with van der Waals surface area (Å²) in [6.07, 6.45) is 8.42. The van der Waals surface area contributed by atoms with Crippen LogP contribution in [-0.4, -0.2) is 30.1 Å². The van der Waals surface area contributed by atoms with Crippen LogP contribution in [0.2, 0.25) is 0 Å². The van der Waals surface area contributed by atoms with Gasteiger partial charge in [0.15, 0.2) is 0 Å². The van der Waals surface area contributed by atoms with Crippen molar-refractivity contribution in [1.82, 2.24) is 9.97 Å². The molecule has 0 saturated heterocycles. The Morgan fingerprint density at radius 2 is 2.00 bits per heavy atom. The van der Waals surface area contributed by atoms with Crippen LogP contribution in [0.15, 0.2) is 12.4 Å². The summed E-state index contributed by atoms with van der Waals surface area (Å²) in [4.78, 5) is 10.9. The topological polar surface area (TPSA) is 41.1 Å². The first-order chi connectivity index (χ1) is 8.27. The fraction of sp³-hybridized carbons (Fsp3) is 0.692.